The molecule has 0 spiro atoms. The third-order valence-corrected chi connectivity index (χ3v) is 4.78. The monoisotopic (exact) mass is 402 g/mol. The van der Waals surface area contributed by atoms with Gasteiger partial charge in [-0.2, -0.15) is 0 Å². The van der Waals surface area contributed by atoms with Gasteiger partial charge in [0.25, 0.3) is 5.91 Å². The maximum absolute atomic E-state index is 12.2. The van der Waals surface area contributed by atoms with E-state index in [4.69, 9.17) is 9.15 Å². The molecule has 6 heteroatoms. The highest BCUT2D eigenvalue weighted by molar-refractivity contribution is 5.92. The van der Waals surface area contributed by atoms with Crippen molar-refractivity contribution in [2.75, 3.05) is 11.9 Å². The number of aromatic nitrogens is 1. The summed E-state index contributed by atoms with van der Waals surface area (Å²) in [5.41, 5.74) is 5.38. The summed E-state index contributed by atoms with van der Waals surface area (Å²) in [4.78, 5) is 16.7. The van der Waals surface area contributed by atoms with Gasteiger partial charge in [-0.25, -0.2) is 4.98 Å². The standard InChI is InChI=1S/C24H22N2O4/c1-14-10-16(3)23-19(11-14)26-24(30-23)18-9-8-17(12-20(18)27)25-22(28)13-29-21-7-5-4-6-15(21)2/h4-12,27H,13H2,1-3H3,(H,25,28). The summed E-state index contributed by atoms with van der Waals surface area (Å²) in [6.07, 6.45) is 0. The number of amides is 1. The molecule has 30 heavy (non-hydrogen) atoms. The summed E-state index contributed by atoms with van der Waals surface area (Å²) in [7, 11) is 0. The van der Waals surface area contributed by atoms with Gasteiger partial charge in [-0.1, -0.05) is 24.3 Å². The first-order valence-electron chi connectivity index (χ1n) is 9.60. The molecule has 0 bridgehead atoms. The van der Waals surface area contributed by atoms with Crippen molar-refractivity contribution in [2.45, 2.75) is 20.8 Å². The van der Waals surface area contributed by atoms with Gasteiger partial charge < -0.3 is 19.6 Å². The smallest absolute Gasteiger partial charge is 0.262 e. The predicted octanol–water partition coefficient (Wildman–Crippen LogP) is 5.14. The quantitative estimate of drug-likeness (QED) is 0.483. The summed E-state index contributed by atoms with van der Waals surface area (Å²) < 4.78 is 11.4. The molecule has 4 rings (SSSR count). The Kier molecular flexibility index (Phi) is 5.14. The minimum atomic E-state index is -0.321. The van der Waals surface area contributed by atoms with Gasteiger partial charge in [0.15, 0.2) is 12.2 Å². The first kappa shape index (κ1) is 19.5. The van der Waals surface area contributed by atoms with Crippen molar-refractivity contribution in [3.8, 4) is 23.0 Å². The molecule has 0 saturated carbocycles. The Morgan fingerprint density at radius 3 is 2.63 bits per heavy atom. The van der Waals surface area contributed by atoms with Crippen LogP contribution in [0.25, 0.3) is 22.6 Å². The van der Waals surface area contributed by atoms with Gasteiger partial charge in [-0.3, -0.25) is 4.79 Å². The van der Waals surface area contributed by atoms with Crippen molar-refractivity contribution < 1.29 is 19.1 Å². The van der Waals surface area contributed by atoms with Gasteiger partial charge in [0.05, 0.1) is 5.56 Å². The molecule has 1 amide bonds. The summed E-state index contributed by atoms with van der Waals surface area (Å²) in [6, 6.07) is 16.3. The topological polar surface area (TPSA) is 84.6 Å². The number of oxazole rings is 1. The average molecular weight is 402 g/mol. The van der Waals surface area contributed by atoms with Crippen molar-refractivity contribution >= 4 is 22.7 Å². The Balaban J connectivity index is 1.49. The summed E-state index contributed by atoms with van der Waals surface area (Å²) in [6.45, 7) is 5.75. The lowest BCUT2D eigenvalue weighted by atomic mass is 10.1. The molecule has 0 aliphatic carbocycles. The fourth-order valence-electron chi connectivity index (χ4n) is 3.34. The van der Waals surface area contributed by atoms with Crippen molar-refractivity contribution in [3.63, 3.8) is 0 Å². The Labute approximate surface area is 174 Å². The summed E-state index contributed by atoms with van der Waals surface area (Å²) in [5, 5.41) is 13.2. The van der Waals surface area contributed by atoms with Gasteiger partial charge in [-0.15, -0.1) is 0 Å². The number of phenolic OH excluding ortho intramolecular Hbond substituents is 1. The summed E-state index contributed by atoms with van der Waals surface area (Å²) in [5.74, 6) is 0.635. The van der Waals surface area contributed by atoms with Crippen LogP contribution in [0.4, 0.5) is 5.69 Å². The summed E-state index contributed by atoms with van der Waals surface area (Å²) >= 11 is 0. The van der Waals surface area contributed by atoms with E-state index < -0.39 is 0 Å². The number of nitrogens with zero attached hydrogens (tertiary/aromatic N) is 1. The van der Waals surface area contributed by atoms with E-state index in [9.17, 15) is 9.90 Å². The van der Waals surface area contributed by atoms with E-state index >= 15 is 0 Å². The lowest BCUT2D eigenvalue weighted by molar-refractivity contribution is -0.118. The Morgan fingerprint density at radius 2 is 1.87 bits per heavy atom. The van der Waals surface area contributed by atoms with E-state index in [0.717, 1.165) is 22.2 Å². The van der Waals surface area contributed by atoms with E-state index in [-0.39, 0.29) is 18.3 Å². The van der Waals surface area contributed by atoms with Gasteiger partial charge >= 0.3 is 0 Å². The average Bonchev–Trinajstić information content (AvgIpc) is 3.11. The number of carbonyl (C=O) groups excluding carboxylic acids is 1. The van der Waals surface area contributed by atoms with Crippen LogP contribution in [-0.2, 0) is 4.79 Å². The Bertz CT molecular complexity index is 1240. The van der Waals surface area contributed by atoms with Crippen molar-refractivity contribution in [2.24, 2.45) is 0 Å². The molecule has 0 unspecified atom stereocenters. The molecular formula is C24H22N2O4. The second-order valence-corrected chi connectivity index (χ2v) is 7.28. The lowest BCUT2D eigenvalue weighted by Gasteiger charge is -2.10. The zero-order valence-electron chi connectivity index (χ0n) is 17.0. The molecule has 0 fully saturated rings. The molecule has 0 saturated heterocycles. The van der Waals surface area contributed by atoms with E-state index in [1.165, 1.54) is 6.07 Å². The molecule has 6 nitrogen and oxygen atoms in total. The Morgan fingerprint density at radius 1 is 1.07 bits per heavy atom. The van der Waals surface area contributed by atoms with Crippen LogP contribution in [0.5, 0.6) is 11.5 Å². The van der Waals surface area contributed by atoms with Crippen molar-refractivity contribution in [1.29, 1.82) is 0 Å². The number of benzene rings is 3. The van der Waals surface area contributed by atoms with E-state index in [2.05, 4.69) is 10.3 Å². The number of rotatable bonds is 5. The molecule has 0 radical (unpaired) electrons. The molecule has 0 aliphatic rings. The number of para-hydroxylation sites is 1. The number of aryl methyl sites for hydroxylation is 3. The van der Waals surface area contributed by atoms with E-state index in [1.807, 2.05) is 57.2 Å². The van der Waals surface area contributed by atoms with Crippen LogP contribution in [0.1, 0.15) is 16.7 Å². The molecule has 2 N–H and O–H groups in total. The highest BCUT2D eigenvalue weighted by Gasteiger charge is 2.15. The fourth-order valence-corrected chi connectivity index (χ4v) is 3.34. The van der Waals surface area contributed by atoms with Crippen LogP contribution in [-0.4, -0.2) is 22.6 Å². The lowest BCUT2D eigenvalue weighted by Crippen LogP contribution is -2.20. The van der Waals surface area contributed by atoms with Crippen LogP contribution in [0.3, 0.4) is 0 Å². The SMILES string of the molecule is Cc1cc(C)c2oc(-c3ccc(NC(=O)COc4ccccc4C)cc3O)nc2c1. The Hall–Kier alpha value is -3.80. The van der Waals surface area contributed by atoms with Gasteiger partial charge in [-0.05, 0) is 61.7 Å². The second kappa shape index (κ2) is 7.91. The van der Waals surface area contributed by atoms with Crippen molar-refractivity contribution in [3.05, 3.63) is 71.3 Å². The minimum absolute atomic E-state index is 0.0337. The number of nitrogens with one attached hydrogen (secondary N) is 1. The van der Waals surface area contributed by atoms with E-state index in [1.54, 1.807) is 12.1 Å². The molecule has 0 aliphatic heterocycles. The number of aromatic hydroxyl groups is 1. The van der Waals surface area contributed by atoms with Gasteiger partial charge in [0.2, 0.25) is 5.89 Å². The molecule has 1 heterocycles. The third-order valence-electron chi connectivity index (χ3n) is 4.78. The zero-order chi connectivity index (χ0) is 21.3. The second-order valence-electron chi connectivity index (χ2n) is 7.28. The van der Waals surface area contributed by atoms with Crippen LogP contribution < -0.4 is 10.1 Å². The first-order valence-corrected chi connectivity index (χ1v) is 9.60. The van der Waals surface area contributed by atoms with Crippen LogP contribution in [0.2, 0.25) is 0 Å². The van der Waals surface area contributed by atoms with Crippen LogP contribution in [0, 0.1) is 20.8 Å². The normalized spacial score (nSPS) is 10.9. The number of ether oxygens (including phenoxy) is 1. The highest BCUT2D eigenvalue weighted by Crippen LogP contribution is 2.34. The largest absolute Gasteiger partial charge is 0.507 e. The first-order chi connectivity index (χ1) is 14.4. The number of anilines is 1. The molecule has 152 valence electrons. The number of hydrogen-bond donors (Lipinski definition) is 2. The fraction of sp³-hybridized carbons (Fsp3) is 0.167. The number of hydrogen-bond acceptors (Lipinski definition) is 5. The molecular weight excluding hydrogens is 380 g/mol. The molecule has 0 atom stereocenters. The van der Waals surface area contributed by atoms with Crippen LogP contribution >= 0.6 is 0 Å². The third kappa shape index (κ3) is 3.98. The number of fused-ring (bicyclic) bond motifs is 1. The molecule has 4 aromatic rings. The van der Waals surface area contributed by atoms with E-state index in [0.29, 0.717) is 28.5 Å². The highest BCUT2D eigenvalue weighted by atomic mass is 16.5. The van der Waals surface area contributed by atoms with Crippen molar-refractivity contribution in [1.82, 2.24) is 4.98 Å². The van der Waals surface area contributed by atoms with Gasteiger partial charge in [0, 0.05) is 11.8 Å². The van der Waals surface area contributed by atoms with Gasteiger partial charge in [0.1, 0.15) is 17.0 Å². The van der Waals surface area contributed by atoms with Crippen LogP contribution in [0.15, 0.2) is 59.0 Å². The minimum Gasteiger partial charge on any atom is -0.507 e. The predicted molar refractivity (Wildman–Crippen MR) is 116 cm³/mol. The molecule has 3 aromatic carbocycles. The number of carbonyl (C=O) groups is 1. The maximum Gasteiger partial charge on any atom is 0.262 e. The molecule has 1 aromatic heterocycles. The maximum atomic E-state index is 12.2. The zero-order valence-corrected chi connectivity index (χ0v) is 17.0. The number of phenols is 1.